The molecule has 0 spiro atoms. The van der Waals surface area contributed by atoms with Gasteiger partial charge in [-0.05, 0) is 42.7 Å². The van der Waals surface area contributed by atoms with Crippen LogP contribution in [0, 0.1) is 5.92 Å². The smallest absolute Gasteiger partial charge is 0.369 e. The highest BCUT2D eigenvalue weighted by Crippen LogP contribution is 2.34. The number of aromatic nitrogens is 2. The molecule has 2 atom stereocenters. The van der Waals surface area contributed by atoms with Crippen molar-refractivity contribution < 1.29 is 21.6 Å². The lowest BCUT2D eigenvalue weighted by Gasteiger charge is -2.42. The van der Waals surface area contributed by atoms with Crippen LogP contribution >= 0.6 is 0 Å². The maximum atomic E-state index is 13.2. The quantitative estimate of drug-likeness (QED) is 0.647. The molecule has 2 aromatic heterocycles. The molecule has 3 heterocycles. The van der Waals surface area contributed by atoms with E-state index < -0.39 is 21.8 Å². The molecule has 0 saturated carbocycles. The number of hydrogen-bond donors (Lipinski definition) is 1. The van der Waals surface area contributed by atoms with Crippen molar-refractivity contribution in [2.75, 3.05) is 25.0 Å². The number of alkyl halides is 3. The summed E-state index contributed by atoms with van der Waals surface area (Å²) < 4.78 is 66.9. The van der Waals surface area contributed by atoms with Crippen LogP contribution in [0.1, 0.15) is 18.9 Å². The van der Waals surface area contributed by atoms with Crippen molar-refractivity contribution in [1.82, 2.24) is 14.3 Å². The number of likely N-dealkylation sites (N-methyl/N-ethyl adjacent to an activating group) is 1. The molecule has 0 aliphatic carbocycles. The number of anilines is 1. The zero-order valence-corrected chi connectivity index (χ0v) is 17.9. The topological polar surface area (TPSA) is 69.3 Å². The molecule has 10 heteroatoms. The molecule has 1 aliphatic heterocycles. The number of piperidine rings is 1. The van der Waals surface area contributed by atoms with Crippen molar-refractivity contribution >= 4 is 26.7 Å². The van der Waals surface area contributed by atoms with Crippen LogP contribution in [0.3, 0.4) is 0 Å². The lowest BCUT2D eigenvalue weighted by molar-refractivity contribution is -0.137. The fraction of sp³-hybridized carbons (Fsp3) is 0.381. The Hall–Kier alpha value is -2.59. The van der Waals surface area contributed by atoms with Gasteiger partial charge in [-0.25, -0.2) is 13.4 Å². The molecule has 0 amide bonds. The monoisotopic (exact) mass is 452 g/mol. The van der Waals surface area contributed by atoms with Crippen molar-refractivity contribution in [3.8, 4) is 0 Å². The van der Waals surface area contributed by atoms with Crippen molar-refractivity contribution in [3.05, 3.63) is 54.4 Å². The third-order valence-electron chi connectivity index (χ3n) is 6.00. The molecule has 166 valence electrons. The lowest BCUT2D eigenvalue weighted by atomic mass is 9.93. The van der Waals surface area contributed by atoms with E-state index in [4.69, 9.17) is 0 Å². The van der Waals surface area contributed by atoms with Crippen molar-refractivity contribution in [1.29, 1.82) is 0 Å². The van der Waals surface area contributed by atoms with Crippen LogP contribution in [0.2, 0.25) is 0 Å². The van der Waals surface area contributed by atoms with E-state index in [0.717, 1.165) is 28.9 Å². The highest BCUT2D eigenvalue weighted by Gasteiger charge is 2.37. The van der Waals surface area contributed by atoms with Crippen LogP contribution in [0.25, 0.3) is 11.0 Å². The number of nitrogens with one attached hydrogen (secondary N) is 1. The molecule has 1 fully saturated rings. The Bertz CT molecular complexity index is 1190. The fourth-order valence-electron chi connectivity index (χ4n) is 4.16. The Morgan fingerprint density at radius 2 is 2.00 bits per heavy atom. The van der Waals surface area contributed by atoms with Crippen molar-refractivity contribution in [2.45, 2.75) is 30.5 Å². The van der Waals surface area contributed by atoms with E-state index in [1.54, 1.807) is 12.4 Å². The molecule has 1 aromatic carbocycles. The summed E-state index contributed by atoms with van der Waals surface area (Å²) in [7, 11) is -2.15. The van der Waals surface area contributed by atoms with Gasteiger partial charge in [0.15, 0.2) is 0 Å². The first-order chi connectivity index (χ1) is 14.6. The molecule has 0 unspecified atom stereocenters. The second-order valence-corrected chi connectivity index (χ2v) is 9.84. The van der Waals surface area contributed by atoms with Gasteiger partial charge in [-0.15, -0.1) is 0 Å². The van der Waals surface area contributed by atoms with Crippen LogP contribution in [-0.2, 0) is 16.2 Å². The van der Waals surface area contributed by atoms with Gasteiger partial charge in [0, 0.05) is 49.6 Å². The number of sulfonamides is 1. The Morgan fingerprint density at radius 1 is 1.23 bits per heavy atom. The van der Waals surface area contributed by atoms with E-state index in [1.165, 1.54) is 10.4 Å². The molecule has 4 rings (SSSR count). The summed E-state index contributed by atoms with van der Waals surface area (Å²) in [5.41, 5.74) is 0.682. The predicted molar refractivity (Wildman–Crippen MR) is 112 cm³/mol. The van der Waals surface area contributed by atoms with Crippen LogP contribution in [0.5, 0.6) is 0 Å². The van der Waals surface area contributed by atoms with Gasteiger partial charge in [0.1, 0.15) is 5.65 Å². The number of rotatable bonds is 4. The van der Waals surface area contributed by atoms with Gasteiger partial charge in [0.2, 0.25) is 10.0 Å². The van der Waals surface area contributed by atoms with Gasteiger partial charge in [0.25, 0.3) is 0 Å². The number of halogens is 3. The molecular formula is C21H23F3N4O2S. The first-order valence-electron chi connectivity index (χ1n) is 9.91. The highest BCUT2D eigenvalue weighted by molar-refractivity contribution is 7.89. The van der Waals surface area contributed by atoms with E-state index >= 15 is 0 Å². The van der Waals surface area contributed by atoms with Crippen LogP contribution in [0.4, 0.5) is 18.9 Å². The summed E-state index contributed by atoms with van der Waals surface area (Å²) in [6.45, 7) is 2.51. The zero-order chi connectivity index (χ0) is 22.4. The number of nitrogens with zero attached hydrogens (tertiary/aromatic N) is 3. The SMILES string of the molecule is C[C@@H]1CCN(S(=O)(=O)c2cccc(C(F)(F)F)c2)C[C@@H]1N(C)c1ccnc2[nH]ccc12. The standard InChI is InChI=1S/C21H23F3N4O2S/c1-14-8-11-28(31(29,30)16-5-3-4-15(12-16)21(22,23)24)13-19(14)27(2)18-7-10-26-20-17(18)6-9-25-20/h3-7,9-10,12,14,19H,8,11,13H2,1-2H3,(H,25,26)/t14-,19+/m1/s1. The minimum absolute atomic E-state index is 0.144. The van der Waals surface area contributed by atoms with Gasteiger partial charge in [-0.2, -0.15) is 17.5 Å². The summed E-state index contributed by atoms with van der Waals surface area (Å²) in [4.78, 5) is 9.06. The molecule has 6 nitrogen and oxygen atoms in total. The summed E-state index contributed by atoms with van der Waals surface area (Å²) in [6.07, 6.45) is -0.512. The molecule has 31 heavy (non-hydrogen) atoms. The van der Waals surface area contributed by atoms with Gasteiger partial charge in [0.05, 0.1) is 10.5 Å². The number of fused-ring (bicyclic) bond motifs is 1. The summed E-state index contributed by atoms with van der Waals surface area (Å²) in [6, 6.07) is 7.58. The van der Waals surface area contributed by atoms with Crippen molar-refractivity contribution in [3.63, 3.8) is 0 Å². The van der Waals surface area contributed by atoms with Gasteiger partial charge in [-0.1, -0.05) is 13.0 Å². The maximum Gasteiger partial charge on any atom is 0.416 e. The molecule has 3 aromatic rings. The van der Waals surface area contributed by atoms with Gasteiger partial charge in [-0.3, -0.25) is 0 Å². The number of aromatic amines is 1. The summed E-state index contributed by atoms with van der Waals surface area (Å²) in [5, 5.41) is 0.926. The first-order valence-corrected chi connectivity index (χ1v) is 11.4. The van der Waals surface area contributed by atoms with E-state index in [0.29, 0.717) is 12.5 Å². The Morgan fingerprint density at radius 3 is 2.74 bits per heavy atom. The molecule has 0 bridgehead atoms. The van der Waals surface area contributed by atoms with Crippen LogP contribution in [-0.4, -0.2) is 48.9 Å². The zero-order valence-electron chi connectivity index (χ0n) is 17.1. The second kappa shape index (κ2) is 7.83. The van der Waals surface area contributed by atoms with E-state index in [-0.39, 0.29) is 29.9 Å². The third kappa shape index (κ3) is 4.01. The summed E-state index contributed by atoms with van der Waals surface area (Å²) in [5.74, 6) is 0.195. The minimum atomic E-state index is -4.60. The maximum absolute atomic E-state index is 13.2. The Labute approximate surface area is 178 Å². The van der Waals surface area contributed by atoms with E-state index in [2.05, 4.69) is 16.9 Å². The van der Waals surface area contributed by atoms with Gasteiger partial charge < -0.3 is 9.88 Å². The number of H-pyrrole nitrogens is 1. The normalized spacial score (nSPS) is 20.8. The predicted octanol–water partition coefficient (Wildman–Crippen LogP) is 4.12. The molecule has 1 saturated heterocycles. The van der Waals surface area contributed by atoms with Gasteiger partial charge >= 0.3 is 6.18 Å². The molecule has 1 aliphatic rings. The first kappa shape index (κ1) is 21.6. The Balaban J connectivity index is 1.64. The largest absolute Gasteiger partial charge is 0.416 e. The van der Waals surface area contributed by atoms with E-state index in [9.17, 15) is 21.6 Å². The Kier molecular flexibility index (Phi) is 5.47. The summed E-state index contributed by atoms with van der Waals surface area (Å²) >= 11 is 0. The average Bonchev–Trinajstić information content (AvgIpc) is 3.22. The second-order valence-electron chi connectivity index (χ2n) is 7.90. The number of benzene rings is 1. The fourth-order valence-corrected chi connectivity index (χ4v) is 5.68. The minimum Gasteiger partial charge on any atom is -0.369 e. The third-order valence-corrected chi connectivity index (χ3v) is 7.86. The van der Waals surface area contributed by atoms with Crippen LogP contribution < -0.4 is 4.90 Å². The van der Waals surface area contributed by atoms with Crippen LogP contribution in [0.15, 0.2) is 53.7 Å². The molecule has 0 radical (unpaired) electrons. The number of pyridine rings is 1. The molecule has 1 N–H and O–H groups in total. The average molecular weight is 453 g/mol. The highest BCUT2D eigenvalue weighted by atomic mass is 32.2. The van der Waals surface area contributed by atoms with E-state index in [1.807, 2.05) is 24.1 Å². The van der Waals surface area contributed by atoms with Crippen molar-refractivity contribution in [2.24, 2.45) is 5.92 Å². The molecular weight excluding hydrogens is 429 g/mol. The lowest BCUT2D eigenvalue weighted by Crippen LogP contribution is -2.52. The number of hydrogen-bond acceptors (Lipinski definition) is 4.